The van der Waals surface area contributed by atoms with Gasteiger partial charge in [0.05, 0.1) is 5.38 Å². The van der Waals surface area contributed by atoms with Gasteiger partial charge in [-0.1, -0.05) is 36.4 Å². The Hall–Kier alpha value is -1.08. The first kappa shape index (κ1) is 8.52. The van der Waals surface area contributed by atoms with E-state index in [0.29, 0.717) is 6.42 Å². The maximum atomic E-state index is 11.4. The zero-order valence-electron chi connectivity index (χ0n) is 7.03. The maximum absolute atomic E-state index is 11.4. The van der Waals surface area contributed by atoms with Crippen molar-refractivity contribution in [1.29, 1.82) is 0 Å². The number of carbonyl (C=O) groups excluding carboxylic acids is 1. The van der Waals surface area contributed by atoms with Gasteiger partial charge in [0.25, 0.3) is 0 Å². The van der Waals surface area contributed by atoms with Crippen molar-refractivity contribution in [2.24, 2.45) is 0 Å². The van der Waals surface area contributed by atoms with Crippen LogP contribution in [0.3, 0.4) is 0 Å². The third-order valence-corrected chi connectivity index (χ3v) is 2.39. The topological polar surface area (TPSA) is 17.1 Å². The number of Topliss-reactive ketones (excluding diaryl/α,β-unsaturated/α-hetero) is 1. The van der Waals surface area contributed by atoms with E-state index in [1.54, 1.807) is 0 Å². The molecule has 1 aromatic rings. The zero-order valence-corrected chi connectivity index (χ0v) is 7.79. The Bertz CT molecular complexity index is 354. The molecule has 1 aliphatic carbocycles. The molecule has 2 heteroatoms. The van der Waals surface area contributed by atoms with Gasteiger partial charge in [0.15, 0.2) is 5.78 Å². The summed E-state index contributed by atoms with van der Waals surface area (Å²) in [5.74, 6) is 0.145. The van der Waals surface area contributed by atoms with Crippen molar-refractivity contribution in [3.05, 3.63) is 42.0 Å². The number of carbonyl (C=O) groups is 1. The van der Waals surface area contributed by atoms with Gasteiger partial charge in [0.1, 0.15) is 0 Å². The number of halogens is 1. The Balaban J connectivity index is 2.37. The average molecular weight is 193 g/mol. The fraction of sp³-hybridized carbons (Fsp3) is 0.182. The Morgan fingerprint density at radius 2 is 1.92 bits per heavy atom. The van der Waals surface area contributed by atoms with Gasteiger partial charge in [-0.2, -0.15) is 0 Å². The summed E-state index contributed by atoms with van der Waals surface area (Å²) >= 11 is 5.85. The van der Waals surface area contributed by atoms with Crippen molar-refractivity contribution in [3.8, 4) is 0 Å². The van der Waals surface area contributed by atoms with E-state index >= 15 is 0 Å². The molecule has 0 radical (unpaired) electrons. The van der Waals surface area contributed by atoms with E-state index in [0.717, 1.165) is 11.1 Å². The van der Waals surface area contributed by atoms with Crippen molar-refractivity contribution in [2.45, 2.75) is 11.8 Å². The lowest BCUT2D eigenvalue weighted by Crippen LogP contribution is -1.96. The molecule has 1 atom stereocenters. The summed E-state index contributed by atoms with van der Waals surface area (Å²) in [4.78, 5) is 11.4. The number of allylic oxidation sites excluding steroid dienone is 2. The van der Waals surface area contributed by atoms with E-state index in [1.807, 2.05) is 36.4 Å². The van der Waals surface area contributed by atoms with Gasteiger partial charge in [-0.05, 0) is 5.56 Å². The smallest absolute Gasteiger partial charge is 0.165 e. The lowest BCUT2D eigenvalue weighted by molar-refractivity contribution is -0.113. The number of rotatable bonds is 1. The highest BCUT2D eigenvalue weighted by atomic mass is 35.5. The maximum Gasteiger partial charge on any atom is 0.165 e. The summed E-state index contributed by atoms with van der Waals surface area (Å²) in [6, 6.07) is 9.63. The molecule has 1 unspecified atom stereocenters. The second kappa shape index (κ2) is 3.35. The molecule has 0 amide bonds. The fourth-order valence-electron chi connectivity index (χ4n) is 1.49. The summed E-state index contributed by atoms with van der Waals surface area (Å²) < 4.78 is 0. The monoisotopic (exact) mass is 192 g/mol. The molecule has 0 spiro atoms. The Morgan fingerprint density at radius 1 is 1.23 bits per heavy atom. The van der Waals surface area contributed by atoms with Crippen LogP contribution in [0.25, 0.3) is 5.57 Å². The SMILES string of the molecule is O=C1CC(Cl)C=C1c1ccccc1. The van der Waals surface area contributed by atoms with E-state index in [2.05, 4.69) is 0 Å². The number of ketones is 1. The van der Waals surface area contributed by atoms with Gasteiger partial charge >= 0.3 is 0 Å². The Labute approximate surface area is 82.0 Å². The van der Waals surface area contributed by atoms with Gasteiger partial charge in [0, 0.05) is 12.0 Å². The minimum absolute atomic E-state index is 0.122. The normalized spacial score (nSPS) is 21.8. The minimum atomic E-state index is -0.122. The average Bonchev–Trinajstić information content (AvgIpc) is 2.47. The van der Waals surface area contributed by atoms with Crippen LogP contribution in [0.5, 0.6) is 0 Å². The lowest BCUT2D eigenvalue weighted by atomic mass is 10.1. The lowest BCUT2D eigenvalue weighted by Gasteiger charge is -1.98. The summed E-state index contributed by atoms with van der Waals surface area (Å²) in [5, 5.41) is -0.122. The molecule has 0 fully saturated rings. The number of hydrogen-bond donors (Lipinski definition) is 0. The van der Waals surface area contributed by atoms with E-state index in [9.17, 15) is 4.79 Å². The molecule has 0 bridgehead atoms. The molecule has 0 N–H and O–H groups in total. The molecule has 0 saturated heterocycles. The molecule has 0 aliphatic heterocycles. The summed E-state index contributed by atoms with van der Waals surface area (Å²) in [6.07, 6.45) is 2.27. The molecule has 2 rings (SSSR count). The second-order valence-electron chi connectivity index (χ2n) is 3.09. The van der Waals surface area contributed by atoms with Crippen LogP contribution >= 0.6 is 11.6 Å². The van der Waals surface area contributed by atoms with Gasteiger partial charge in [-0.3, -0.25) is 4.79 Å². The van der Waals surface area contributed by atoms with E-state index in [-0.39, 0.29) is 11.2 Å². The van der Waals surface area contributed by atoms with Crippen LogP contribution in [0.4, 0.5) is 0 Å². The highest BCUT2D eigenvalue weighted by Crippen LogP contribution is 2.27. The van der Waals surface area contributed by atoms with Crippen molar-refractivity contribution in [1.82, 2.24) is 0 Å². The number of benzene rings is 1. The molecule has 1 aromatic carbocycles. The summed E-state index contributed by atoms with van der Waals surface area (Å²) in [7, 11) is 0. The van der Waals surface area contributed by atoms with Crippen molar-refractivity contribution >= 4 is 23.0 Å². The molecule has 0 saturated carbocycles. The van der Waals surface area contributed by atoms with Crippen LogP contribution in [0, 0.1) is 0 Å². The van der Waals surface area contributed by atoms with Crippen LogP contribution in [-0.4, -0.2) is 11.2 Å². The first-order valence-corrected chi connectivity index (χ1v) is 4.65. The molecule has 1 aliphatic rings. The molecule has 66 valence electrons. The predicted octanol–water partition coefficient (Wildman–Crippen LogP) is 2.65. The molecule has 13 heavy (non-hydrogen) atoms. The fourth-order valence-corrected chi connectivity index (χ4v) is 1.76. The van der Waals surface area contributed by atoms with Crippen LogP contribution in [0.1, 0.15) is 12.0 Å². The van der Waals surface area contributed by atoms with Gasteiger partial charge < -0.3 is 0 Å². The standard InChI is InChI=1S/C11H9ClO/c12-9-6-10(11(13)7-9)8-4-2-1-3-5-8/h1-6,9H,7H2. The largest absolute Gasteiger partial charge is 0.294 e. The summed E-state index contributed by atoms with van der Waals surface area (Å²) in [6.45, 7) is 0. The molecular weight excluding hydrogens is 184 g/mol. The van der Waals surface area contributed by atoms with Gasteiger partial charge in [0.2, 0.25) is 0 Å². The predicted molar refractivity (Wildman–Crippen MR) is 53.7 cm³/mol. The van der Waals surface area contributed by atoms with Gasteiger partial charge in [-0.25, -0.2) is 0 Å². The van der Waals surface area contributed by atoms with Crippen LogP contribution in [-0.2, 0) is 4.79 Å². The van der Waals surface area contributed by atoms with E-state index in [4.69, 9.17) is 11.6 Å². The first-order valence-electron chi connectivity index (χ1n) is 4.22. The van der Waals surface area contributed by atoms with E-state index in [1.165, 1.54) is 0 Å². The highest BCUT2D eigenvalue weighted by Gasteiger charge is 2.22. The third kappa shape index (κ3) is 1.65. The Kier molecular flexibility index (Phi) is 2.19. The van der Waals surface area contributed by atoms with Crippen LogP contribution in [0.2, 0.25) is 0 Å². The number of alkyl halides is 1. The van der Waals surface area contributed by atoms with Crippen molar-refractivity contribution < 1.29 is 4.79 Å². The van der Waals surface area contributed by atoms with Gasteiger partial charge in [-0.15, -0.1) is 11.6 Å². The summed E-state index contributed by atoms with van der Waals surface area (Å²) in [5.41, 5.74) is 1.73. The number of hydrogen-bond acceptors (Lipinski definition) is 1. The zero-order chi connectivity index (χ0) is 9.26. The van der Waals surface area contributed by atoms with Crippen molar-refractivity contribution in [3.63, 3.8) is 0 Å². The van der Waals surface area contributed by atoms with Crippen LogP contribution in [0.15, 0.2) is 36.4 Å². The molecule has 0 heterocycles. The first-order chi connectivity index (χ1) is 6.27. The molecule has 1 nitrogen and oxygen atoms in total. The van der Waals surface area contributed by atoms with Crippen LogP contribution < -0.4 is 0 Å². The third-order valence-electron chi connectivity index (χ3n) is 2.11. The molecular formula is C11H9ClO. The second-order valence-corrected chi connectivity index (χ2v) is 3.65. The molecule has 0 aromatic heterocycles. The quantitative estimate of drug-likeness (QED) is 0.626. The Morgan fingerprint density at radius 3 is 2.46 bits per heavy atom. The minimum Gasteiger partial charge on any atom is -0.294 e. The highest BCUT2D eigenvalue weighted by molar-refractivity contribution is 6.32. The van der Waals surface area contributed by atoms with Crippen molar-refractivity contribution in [2.75, 3.05) is 0 Å². The van der Waals surface area contributed by atoms with E-state index < -0.39 is 0 Å².